The molecule has 0 atom stereocenters. The topological polar surface area (TPSA) is 66.5 Å². The Morgan fingerprint density at radius 3 is 2.11 bits per heavy atom. The van der Waals surface area contributed by atoms with Crippen molar-refractivity contribution in [3.8, 4) is 5.75 Å². The summed E-state index contributed by atoms with van der Waals surface area (Å²) in [6.07, 6.45) is 1.72. The summed E-state index contributed by atoms with van der Waals surface area (Å²) in [7, 11) is 2.19. The number of ether oxygens (including phenoxy) is 1. The van der Waals surface area contributed by atoms with Crippen molar-refractivity contribution in [2.75, 3.05) is 51.3 Å². The van der Waals surface area contributed by atoms with Gasteiger partial charge in [0.15, 0.2) is 0 Å². The van der Waals surface area contributed by atoms with Gasteiger partial charge in [0.2, 0.25) is 0 Å². The van der Waals surface area contributed by atoms with E-state index in [0.717, 1.165) is 73.1 Å². The first kappa shape index (κ1) is 22.0. The second-order valence-electron chi connectivity index (χ2n) is 9.58. The van der Waals surface area contributed by atoms with E-state index < -0.39 is 0 Å². The van der Waals surface area contributed by atoms with Gasteiger partial charge < -0.3 is 20.3 Å². The molecule has 0 bridgehead atoms. The van der Waals surface area contributed by atoms with Gasteiger partial charge in [-0.25, -0.2) is 0 Å². The van der Waals surface area contributed by atoms with Crippen LogP contribution < -0.4 is 15.4 Å². The van der Waals surface area contributed by atoms with Crippen molar-refractivity contribution in [2.45, 2.75) is 12.8 Å². The number of likely N-dealkylation sites (N-methyl/N-ethyl adjacent to an activating group) is 1. The molecule has 3 aliphatic heterocycles. The van der Waals surface area contributed by atoms with Crippen molar-refractivity contribution >= 4 is 28.5 Å². The average Bonchev–Trinajstić information content (AvgIpc) is 3.51. The number of benzene rings is 3. The van der Waals surface area contributed by atoms with E-state index in [-0.39, 0.29) is 0 Å². The Kier molecular flexibility index (Phi) is 5.84. The predicted molar refractivity (Wildman–Crippen MR) is 143 cm³/mol. The number of fused-ring (bicyclic) bond motifs is 2. The molecular formula is C29H31N5O. The zero-order chi connectivity index (χ0) is 23.8. The Morgan fingerprint density at radius 2 is 1.40 bits per heavy atom. The lowest BCUT2D eigenvalue weighted by Crippen LogP contribution is -2.44. The number of nitrogens with two attached hydrogens (primary N) is 1. The van der Waals surface area contributed by atoms with Crippen LogP contribution in [0, 0.1) is 0 Å². The third kappa shape index (κ3) is 4.47. The smallest absolute Gasteiger partial charge is 0.119 e. The molecule has 6 rings (SSSR count). The number of hydrogen-bond donors (Lipinski definition) is 1. The molecule has 178 valence electrons. The van der Waals surface area contributed by atoms with E-state index in [1.54, 1.807) is 0 Å². The van der Waals surface area contributed by atoms with Gasteiger partial charge >= 0.3 is 0 Å². The van der Waals surface area contributed by atoms with Gasteiger partial charge in [-0.2, -0.15) is 0 Å². The van der Waals surface area contributed by atoms with E-state index in [4.69, 9.17) is 20.5 Å². The van der Waals surface area contributed by atoms with Crippen LogP contribution in [0.25, 0.3) is 0 Å². The van der Waals surface area contributed by atoms with Gasteiger partial charge in [0.05, 0.1) is 22.8 Å². The molecule has 0 aromatic heterocycles. The first-order valence-electron chi connectivity index (χ1n) is 12.4. The van der Waals surface area contributed by atoms with E-state index in [1.165, 1.54) is 22.4 Å². The molecule has 6 heteroatoms. The lowest BCUT2D eigenvalue weighted by Gasteiger charge is -2.34. The normalized spacial score (nSPS) is 17.1. The van der Waals surface area contributed by atoms with Gasteiger partial charge in [-0.1, -0.05) is 6.07 Å². The highest BCUT2D eigenvalue weighted by Gasteiger charge is 2.22. The SMILES string of the molecule is CN1CCN(c2ccc3c(c2)CC(c2ccc4c(c2)CC(c2ccc(OCCN)cc2)=N4)=N3)CC1. The number of anilines is 1. The van der Waals surface area contributed by atoms with E-state index in [0.29, 0.717) is 13.2 Å². The van der Waals surface area contributed by atoms with Crippen LogP contribution >= 0.6 is 0 Å². The molecule has 35 heavy (non-hydrogen) atoms. The van der Waals surface area contributed by atoms with Crippen LogP contribution in [0.1, 0.15) is 22.3 Å². The van der Waals surface area contributed by atoms with E-state index >= 15 is 0 Å². The monoisotopic (exact) mass is 465 g/mol. The zero-order valence-electron chi connectivity index (χ0n) is 20.2. The minimum Gasteiger partial charge on any atom is -0.492 e. The number of rotatable bonds is 6. The predicted octanol–water partition coefficient (Wildman–Crippen LogP) is 4.13. The van der Waals surface area contributed by atoms with Gasteiger partial charge in [-0.3, -0.25) is 9.98 Å². The van der Waals surface area contributed by atoms with Crippen molar-refractivity contribution in [1.82, 2.24) is 4.90 Å². The van der Waals surface area contributed by atoms with Crippen molar-refractivity contribution in [3.63, 3.8) is 0 Å². The van der Waals surface area contributed by atoms with Crippen molar-refractivity contribution in [3.05, 3.63) is 82.9 Å². The molecule has 1 fully saturated rings. The lowest BCUT2D eigenvalue weighted by molar-refractivity contribution is 0.313. The van der Waals surface area contributed by atoms with Crippen molar-refractivity contribution in [2.24, 2.45) is 15.7 Å². The molecule has 3 aliphatic rings. The maximum Gasteiger partial charge on any atom is 0.119 e. The molecule has 0 saturated carbocycles. The van der Waals surface area contributed by atoms with Crippen LogP contribution in [0.2, 0.25) is 0 Å². The van der Waals surface area contributed by atoms with Crippen LogP contribution in [0.5, 0.6) is 5.75 Å². The largest absolute Gasteiger partial charge is 0.492 e. The summed E-state index contributed by atoms with van der Waals surface area (Å²) in [5.74, 6) is 0.840. The molecule has 3 aromatic rings. The molecule has 0 unspecified atom stereocenters. The van der Waals surface area contributed by atoms with Crippen LogP contribution in [-0.2, 0) is 12.8 Å². The van der Waals surface area contributed by atoms with Gasteiger partial charge in [-0.15, -0.1) is 0 Å². The summed E-state index contributed by atoms with van der Waals surface area (Å²) < 4.78 is 5.60. The first-order valence-corrected chi connectivity index (χ1v) is 12.4. The molecule has 6 nitrogen and oxygen atoms in total. The molecule has 0 spiro atoms. The van der Waals surface area contributed by atoms with Crippen molar-refractivity contribution < 1.29 is 4.74 Å². The van der Waals surface area contributed by atoms with E-state index in [1.807, 2.05) is 12.1 Å². The van der Waals surface area contributed by atoms with Gasteiger partial charge in [0.25, 0.3) is 0 Å². The molecule has 2 N–H and O–H groups in total. The number of aliphatic imine (C=N–C) groups is 2. The number of piperazine rings is 1. The summed E-state index contributed by atoms with van der Waals surface area (Å²) in [5, 5.41) is 0. The van der Waals surface area contributed by atoms with E-state index in [2.05, 4.69) is 65.4 Å². The molecule has 1 saturated heterocycles. The molecule has 3 aromatic carbocycles. The van der Waals surface area contributed by atoms with Crippen LogP contribution in [0.4, 0.5) is 17.1 Å². The lowest BCUT2D eigenvalue weighted by atomic mass is 9.99. The summed E-state index contributed by atoms with van der Waals surface area (Å²) in [6.45, 7) is 5.44. The standard InChI is InChI=1S/C29H31N5O/c1-33-11-13-34(14-12-33)24-5-9-27-23(17-24)19-29(32-27)21-4-8-26-22(16-21)18-28(31-26)20-2-6-25(7-3-20)35-15-10-30/h2-9,16-17H,10-15,18-19,30H2,1H3. The van der Waals surface area contributed by atoms with Crippen LogP contribution in [0.15, 0.2) is 70.6 Å². The Balaban J connectivity index is 1.15. The van der Waals surface area contributed by atoms with Gasteiger partial charge in [0, 0.05) is 51.3 Å². The van der Waals surface area contributed by atoms with Crippen LogP contribution in [0.3, 0.4) is 0 Å². The Hall–Kier alpha value is -3.48. The Morgan fingerprint density at radius 1 is 0.771 bits per heavy atom. The quantitative estimate of drug-likeness (QED) is 0.595. The van der Waals surface area contributed by atoms with Gasteiger partial charge in [-0.05, 0) is 83.9 Å². The maximum absolute atomic E-state index is 5.60. The third-order valence-corrected chi connectivity index (χ3v) is 7.14. The highest BCUT2D eigenvalue weighted by atomic mass is 16.5. The Labute approximate surface area is 206 Å². The highest BCUT2D eigenvalue weighted by molar-refractivity contribution is 6.09. The fraction of sp³-hybridized carbons (Fsp3) is 0.310. The summed E-state index contributed by atoms with van der Waals surface area (Å²) in [6, 6.07) is 21.5. The second kappa shape index (κ2) is 9.29. The zero-order valence-corrected chi connectivity index (χ0v) is 20.2. The molecule has 0 amide bonds. The fourth-order valence-corrected chi connectivity index (χ4v) is 5.08. The summed E-state index contributed by atoms with van der Waals surface area (Å²) >= 11 is 0. The van der Waals surface area contributed by atoms with E-state index in [9.17, 15) is 0 Å². The fourth-order valence-electron chi connectivity index (χ4n) is 5.08. The second-order valence-corrected chi connectivity index (χ2v) is 9.58. The number of hydrogen-bond acceptors (Lipinski definition) is 6. The molecule has 0 radical (unpaired) electrons. The van der Waals surface area contributed by atoms with Crippen LogP contribution in [-0.4, -0.2) is 62.7 Å². The summed E-state index contributed by atoms with van der Waals surface area (Å²) in [4.78, 5) is 14.8. The average molecular weight is 466 g/mol. The maximum atomic E-state index is 5.60. The third-order valence-electron chi connectivity index (χ3n) is 7.14. The minimum absolute atomic E-state index is 0.514. The summed E-state index contributed by atoms with van der Waals surface area (Å²) in [5.41, 5.74) is 16.2. The number of nitrogens with zero attached hydrogens (tertiary/aromatic N) is 4. The molecular weight excluding hydrogens is 434 g/mol. The minimum atomic E-state index is 0.514. The van der Waals surface area contributed by atoms with Gasteiger partial charge in [0.1, 0.15) is 12.4 Å². The molecule has 0 aliphatic carbocycles. The Bertz CT molecular complexity index is 1300. The molecule has 3 heterocycles. The highest BCUT2D eigenvalue weighted by Crippen LogP contribution is 2.35. The first-order chi connectivity index (χ1) is 17.2. The van der Waals surface area contributed by atoms with Crippen molar-refractivity contribution in [1.29, 1.82) is 0 Å².